The normalized spacial score (nSPS) is 11.7. The Balaban J connectivity index is 1.97. The van der Waals surface area contributed by atoms with Gasteiger partial charge < -0.3 is 19.7 Å². The molecule has 2 aromatic rings. The van der Waals surface area contributed by atoms with Gasteiger partial charge in [-0.25, -0.2) is 9.59 Å². The fourth-order valence-corrected chi connectivity index (χ4v) is 3.32. The number of hydrogen-bond donors (Lipinski definition) is 2. The standard InChI is InChI=1S/C18H14Cl4O6/c19-10-3-1-4-11(20)16(10)28-14(18(25)26)5-2-6-27-15-12(21)7-9(17(23)24)8-13(15)22/h1,3-4,7-8,14H,2,5-6H2,(H,23,24)(H,25,26). The molecule has 0 aliphatic heterocycles. The van der Waals surface area contributed by atoms with Gasteiger partial charge in [-0.15, -0.1) is 0 Å². The van der Waals surface area contributed by atoms with Crippen molar-refractivity contribution in [3.8, 4) is 11.5 Å². The monoisotopic (exact) mass is 466 g/mol. The molecule has 0 heterocycles. The van der Waals surface area contributed by atoms with E-state index in [2.05, 4.69) is 0 Å². The Labute approximate surface area is 180 Å². The minimum Gasteiger partial charge on any atom is -0.490 e. The zero-order chi connectivity index (χ0) is 20.8. The maximum atomic E-state index is 11.5. The molecule has 2 rings (SSSR count). The smallest absolute Gasteiger partial charge is 0.344 e. The first-order chi connectivity index (χ1) is 13.2. The van der Waals surface area contributed by atoms with Crippen molar-refractivity contribution in [1.29, 1.82) is 0 Å². The van der Waals surface area contributed by atoms with Crippen molar-refractivity contribution in [2.75, 3.05) is 6.61 Å². The van der Waals surface area contributed by atoms with Crippen LogP contribution in [0.5, 0.6) is 11.5 Å². The van der Waals surface area contributed by atoms with Gasteiger partial charge in [-0.05, 0) is 37.1 Å². The Hall–Kier alpha value is -1.86. The fourth-order valence-electron chi connectivity index (χ4n) is 2.23. The van der Waals surface area contributed by atoms with Crippen molar-refractivity contribution in [3.05, 3.63) is 56.0 Å². The van der Waals surface area contributed by atoms with E-state index in [-0.39, 0.29) is 56.6 Å². The van der Waals surface area contributed by atoms with Gasteiger partial charge in [0.15, 0.2) is 17.6 Å². The molecule has 0 amide bonds. The zero-order valence-electron chi connectivity index (χ0n) is 14.1. The largest absolute Gasteiger partial charge is 0.490 e. The number of halogens is 4. The number of carboxylic acid groups (broad SMARTS) is 2. The molecule has 0 spiro atoms. The predicted octanol–water partition coefficient (Wildman–Crippen LogP) is 5.69. The van der Waals surface area contributed by atoms with Gasteiger partial charge in [0.05, 0.1) is 32.3 Å². The molecule has 2 aromatic carbocycles. The van der Waals surface area contributed by atoms with Crippen LogP contribution in [0, 0.1) is 0 Å². The van der Waals surface area contributed by atoms with Crippen LogP contribution in [0.4, 0.5) is 0 Å². The summed E-state index contributed by atoms with van der Waals surface area (Å²) in [4.78, 5) is 22.4. The zero-order valence-corrected chi connectivity index (χ0v) is 17.1. The summed E-state index contributed by atoms with van der Waals surface area (Å²) < 4.78 is 10.9. The fraction of sp³-hybridized carbons (Fsp3) is 0.222. The second-order valence-corrected chi connectivity index (χ2v) is 7.19. The highest BCUT2D eigenvalue weighted by atomic mass is 35.5. The molecule has 1 unspecified atom stereocenters. The second-order valence-electron chi connectivity index (χ2n) is 5.56. The summed E-state index contributed by atoms with van der Waals surface area (Å²) in [5, 5.41) is 18.8. The number of benzene rings is 2. The summed E-state index contributed by atoms with van der Waals surface area (Å²) in [6.45, 7) is 0.0786. The van der Waals surface area contributed by atoms with E-state index in [4.69, 9.17) is 61.0 Å². The average molecular weight is 468 g/mol. The lowest BCUT2D eigenvalue weighted by Crippen LogP contribution is -2.27. The Morgan fingerprint density at radius 3 is 2.00 bits per heavy atom. The maximum Gasteiger partial charge on any atom is 0.344 e. The third kappa shape index (κ3) is 5.82. The van der Waals surface area contributed by atoms with Crippen LogP contribution in [0.15, 0.2) is 30.3 Å². The number of hydrogen-bond acceptors (Lipinski definition) is 4. The molecule has 0 saturated heterocycles. The van der Waals surface area contributed by atoms with Crippen molar-refractivity contribution in [3.63, 3.8) is 0 Å². The minimum atomic E-state index is -1.19. The molecule has 28 heavy (non-hydrogen) atoms. The molecule has 150 valence electrons. The van der Waals surface area contributed by atoms with Crippen LogP contribution in [-0.2, 0) is 4.79 Å². The van der Waals surface area contributed by atoms with Crippen molar-refractivity contribution in [2.45, 2.75) is 18.9 Å². The lowest BCUT2D eigenvalue weighted by molar-refractivity contribution is -0.145. The Morgan fingerprint density at radius 1 is 0.929 bits per heavy atom. The van der Waals surface area contributed by atoms with Crippen LogP contribution in [0.1, 0.15) is 23.2 Å². The van der Waals surface area contributed by atoms with Gasteiger partial charge in [-0.2, -0.15) is 0 Å². The molecule has 0 aliphatic carbocycles. The van der Waals surface area contributed by atoms with Gasteiger partial charge in [-0.3, -0.25) is 0 Å². The van der Waals surface area contributed by atoms with Crippen molar-refractivity contribution in [1.82, 2.24) is 0 Å². The lowest BCUT2D eigenvalue weighted by Gasteiger charge is -2.17. The van der Waals surface area contributed by atoms with Crippen molar-refractivity contribution in [2.24, 2.45) is 0 Å². The molecule has 0 saturated carbocycles. The first kappa shape index (κ1) is 22.4. The summed E-state index contributed by atoms with van der Waals surface area (Å²) >= 11 is 24.0. The van der Waals surface area contributed by atoms with Gasteiger partial charge >= 0.3 is 11.9 Å². The van der Waals surface area contributed by atoms with Crippen LogP contribution in [-0.4, -0.2) is 34.9 Å². The Morgan fingerprint density at radius 2 is 1.50 bits per heavy atom. The van der Waals surface area contributed by atoms with E-state index in [9.17, 15) is 14.7 Å². The van der Waals surface area contributed by atoms with Crippen LogP contribution in [0.3, 0.4) is 0 Å². The van der Waals surface area contributed by atoms with Gasteiger partial charge in [0.25, 0.3) is 0 Å². The predicted molar refractivity (Wildman–Crippen MR) is 107 cm³/mol. The number of ether oxygens (including phenoxy) is 2. The number of para-hydroxylation sites is 1. The van der Waals surface area contributed by atoms with Gasteiger partial charge in [0.2, 0.25) is 0 Å². The molecule has 0 fully saturated rings. The Bertz CT molecular complexity index is 843. The molecule has 6 nitrogen and oxygen atoms in total. The maximum absolute atomic E-state index is 11.5. The SMILES string of the molecule is O=C(O)c1cc(Cl)c(OCCCC(Oc2c(Cl)cccc2Cl)C(=O)O)c(Cl)c1. The highest BCUT2D eigenvalue weighted by molar-refractivity contribution is 6.38. The number of carbonyl (C=O) groups is 2. The van der Waals surface area contributed by atoms with E-state index >= 15 is 0 Å². The van der Waals surface area contributed by atoms with E-state index in [0.29, 0.717) is 0 Å². The lowest BCUT2D eigenvalue weighted by atomic mass is 10.2. The van der Waals surface area contributed by atoms with Gasteiger partial charge in [0, 0.05) is 0 Å². The minimum absolute atomic E-state index is 0.0405. The number of rotatable bonds is 9. The number of aliphatic carboxylic acids is 1. The van der Waals surface area contributed by atoms with E-state index in [1.807, 2.05) is 0 Å². The van der Waals surface area contributed by atoms with E-state index in [1.165, 1.54) is 24.3 Å². The van der Waals surface area contributed by atoms with Crippen LogP contribution in [0.25, 0.3) is 0 Å². The average Bonchev–Trinajstić information content (AvgIpc) is 2.61. The number of carboxylic acids is 2. The molecule has 2 N–H and O–H groups in total. The van der Waals surface area contributed by atoms with Crippen LogP contribution < -0.4 is 9.47 Å². The quantitative estimate of drug-likeness (QED) is 0.460. The van der Waals surface area contributed by atoms with Gasteiger partial charge in [-0.1, -0.05) is 52.5 Å². The van der Waals surface area contributed by atoms with Crippen molar-refractivity contribution >= 4 is 58.3 Å². The highest BCUT2D eigenvalue weighted by Gasteiger charge is 2.22. The number of aromatic carboxylic acids is 1. The van der Waals surface area contributed by atoms with E-state index in [0.717, 1.165) is 0 Å². The first-order valence-corrected chi connectivity index (χ1v) is 9.40. The molecule has 10 heteroatoms. The van der Waals surface area contributed by atoms with Crippen LogP contribution in [0.2, 0.25) is 20.1 Å². The summed E-state index contributed by atoms with van der Waals surface area (Å²) in [7, 11) is 0. The summed E-state index contributed by atoms with van der Waals surface area (Å²) in [5.74, 6) is -2.14. The summed E-state index contributed by atoms with van der Waals surface area (Å²) in [6, 6.07) is 7.12. The second kappa shape index (κ2) is 10.1. The van der Waals surface area contributed by atoms with E-state index in [1.54, 1.807) is 6.07 Å². The third-order valence-electron chi connectivity index (χ3n) is 3.56. The topological polar surface area (TPSA) is 93.1 Å². The Kier molecular flexibility index (Phi) is 8.07. The molecular formula is C18H14Cl4O6. The van der Waals surface area contributed by atoms with Gasteiger partial charge in [0.1, 0.15) is 0 Å². The third-order valence-corrected chi connectivity index (χ3v) is 4.71. The van der Waals surface area contributed by atoms with E-state index < -0.39 is 18.0 Å². The molecule has 0 radical (unpaired) electrons. The molecule has 0 aromatic heterocycles. The molecule has 0 aliphatic rings. The van der Waals surface area contributed by atoms with Crippen molar-refractivity contribution < 1.29 is 29.3 Å². The molecule has 1 atom stereocenters. The van der Waals surface area contributed by atoms with Crippen LogP contribution >= 0.6 is 46.4 Å². The highest BCUT2D eigenvalue weighted by Crippen LogP contribution is 2.35. The first-order valence-electron chi connectivity index (χ1n) is 7.89. The summed E-state index contributed by atoms with van der Waals surface area (Å²) in [6.07, 6.45) is -0.813. The summed E-state index contributed by atoms with van der Waals surface area (Å²) in [5.41, 5.74) is -0.0710. The molecular weight excluding hydrogens is 454 g/mol. The molecule has 0 bridgehead atoms.